The number of aliphatic hydroxyl groups excluding tert-OH is 1. The average molecular weight is 474 g/mol. The molecule has 182 valence electrons. The maximum atomic E-state index is 11.8. The SMILES string of the molecule is CCOc1ccc(Nc2ccc(CCNCC(O)c3ccc(O)c4c3C=CCC(=O)N4)cc2)cc1. The number of phenols is 1. The molecule has 3 aromatic rings. The van der Waals surface area contributed by atoms with Gasteiger partial charge in [0.05, 0.1) is 18.4 Å². The van der Waals surface area contributed by atoms with Crippen LogP contribution in [0.4, 0.5) is 17.1 Å². The molecule has 1 heterocycles. The fraction of sp³-hybridized carbons (Fsp3) is 0.250. The molecule has 1 unspecified atom stereocenters. The van der Waals surface area contributed by atoms with Crippen molar-refractivity contribution in [3.05, 3.63) is 83.4 Å². The second-order valence-electron chi connectivity index (χ2n) is 8.37. The van der Waals surface area contributed by atoms with E-state index in [1.165, 1.54) is 11.6 Å². The van der Waals surface area contributed by atoms with Gasteiger partial charge < -0.3 is 30.9 Å². The average Bonchev–Trinajstić information content (AvgIpc) is 3.06. The zero-order valence-electron chi connectivity index (χ0n) is 19.8. The van der Waals surface area contributed by atoms with Crippen molar-refractivity contribution in [1.82, 2.24) is 5.32 Å². The third-order valence-electron chi connectivity index (χ3n) is 5.80. The van der Waals surface area contributed by atoms with Crippen LogP contribution in [-0.2, 0) is 11.2 Å². The lowest BCUT2D eigenvalue weighted by Crippen LogP contribution is -2.24. The van der Waals surface area contributed by atoms with Crippen LogP contribution in [0, 0.1) is 0 Å². The fourth-order valence-corrected chi connectivity index (χ4v) is 4.00. The second kappa shape index (κ2) is 11.6. The predicted octanol–water partition coefficient (Wildman–Crippen LogP) is 4.76. The molecule has 35 heavy (non-hydrogen) atoms. The van der Waals surface area contributed by atoms with Crippen molar-refractivity contribution in [1.29, 1.82) is 0 Å². The number of amides is 1. The van der Waals surface area contributed by atoms with E-state index in [4.69, 9.17) is 4.74 Å². The van der Waals surface area contributed by atoms with Crippen LogP contribution < -0.4 is 20.7 Å². The highest BCUT2D eigenvalue weighted by Gasteiger charge is 2.20. The zero-order chi connectivity index (χ0) is 24.6. The van der Waals surface area contributed by atoms with Gasteiger partial charge >= 0.3 is 0 Å². The lowest BCUT2D eigenvalue weighted by molar-refractivity contribution is -0.115. The summed E-state index contributed by atoms with van der Waals surface area (Å²) in [4.78, 5) is 11.8. The molecule has 5 N–H and O–H groups in total. The predicted molar refractivity (Wildman–Crippen MR) is 139 cm³/mol. The molecule has 0 saturated carbocycles. The summed E-state index contributed by atoms with van der Waals surface area (Å²) in [5.41, 5.74) is 4.84. The summed E-state index contributed by atoms with van der Waals surface area (Å²) in [7, 11) is 0. The lowest BCUT2D eigenvalue weighted by atomic mass is 9.99. The van der Waals surface area contributed by atoms with E-state index in [0.717, 1.165) is 23.5 Å². The van der Waals surface area contributed by atoms with Gasteiger partial charge in [0.2, 0.25) is 5.91 Å². The molecule has 3 aromatic carbocycles. The van der Waals surface area contributed by atoms with Crippen LogP contribution >= 0.6 is 0 Å². The number of phenolic OH excluding ortho intramolecular Hbond substituents is 1. The molecule has 1 amide bonds. The van der Waals surface area contributed by atoms with Crippen molar-refractivity contribution in [2.75, 3.05) is 30.3 Å². The Balaban J connectivity index is 1.27. The molecule has 4 rings (SSSR count). The van der Waals surface area contributed by atoms with Gasteiger partial charge in [0.1, 0.15) is 11.5 Å². The largest absolute Gasteiger partial charge is 0.506 e. The van der Waals surface area contributed by atoms with Gasteiger partial charge in [-0.25, -0.2) is 0 Å². The first-order valence-corrected chi connectivity index (χ1v) is 11.8. The molecule has 0 spiro atoms. The highest BCUT2D eigenvalue weighted by molar-refractivity contribution is 5.98. The van der Waals surface area contributed by atoms with E-state index in [9.17, 15) is 15.0 Å². The van der Waals surface area contributed by atoms with Crippen LogP contribution in [0.2, 0.25) is 0 Å². The molecule has 0 bridgehead atoms. The van der Waals surface area contributed by atoms with Crippen molar-refractivity contribution < 1.29 is 19.7 Å². The van der Waals surface area contributed by atoms with Gasteiger partial charge in [0.25, 0.3) is 0 Å². The zero-order valence-corrected chi connectivity index (χ0v) is 19.8. The van der Waals surface area contributed by atoms with Gasteiger partial charge in [-0.3, -0.25) is 4.79 Å². The van der Waals surface area contributed by atoms with Gasteiger partial charge in [-0.05, 0) is 73.5 Å². The van der Waals surface area contributed by atoms with Gasteiger partial charge in [-0.1, -0.05) is 30.4 Å². The first-order chi connectivity index (χ1) is 17.0. The maximum Gasteiger partial charge on any atom is 0.228 e. The fourth-order valence-electron chi connectivity index (χ4n) is 4.00. The minimum Gasteiger partial charge on any atom is -0.506 e. The summed E-state index contributed by atoms with van der Waals surface area (Å²) in [6.07, 6.45) is 3.79. The van der Waals surface area contributed by atoms with Crippen molar-refractivity contribution in [2.24, 2.45) is 0 Å². The number of carbonyl (C=O) groups is 1. The number of anilines is 3. The molecule has 1 aliphatic heterocycles. The summed E-state index contributed by atoms with van der Waals surface area (Å²) in [5.74, 6) is 0.653. The summed E-state index contributed by atoms with van der Waals surface area (Å²) in [5, 5.41) is 30.2. The Bertz CT molecular complexity index is 1170. The first kappa shape index (κ1) is 24.3. The number of benzene rings is 3. The van der Waals surface area contributed by atoms with Gasteiger partial charge in [-0.15, -0.1) is 0 Å². The summed E-state index contributed by atoms with van der Waals surface area (Å²) in [6, 6.07) is 19.3. The number of ether oxygens (including phenoxy) is 1. The molecule has 0 radical (unpaired) electrons. The van der Waals surface area contributed by atoms with E-state index in [1.807, 2.05) is 43.3 Å². The third-order valence-corrected chi connectivity index (χ3v) is 5.80. The van der Waals surface area contributed by atoms with Gasteiger partial charge in [0.15, 0.2) is 0 Å². The van der Waals surface area contributed by atoms with Crippen molar-refractivity contribution in [3.63, 3.8) is 0 Å². The van der Waals surface area contributed by atoms with Crippen LogP contribution in [0.25, 0.3) is 6.08 Å². The van der Waals surface area contributed by atoms with Gasteiger partial charge in [-0.2, -0.15) is 0 Å². The Hall–Kier alpha value is -3.81. The van der Waals surface area contributed by atoms with Crippen LogP contribution in [0.3, 0.4) is 0 Å². The van der Waals surface area contributed by atoms with E-state index in [0.29, 0.717) is 36.5 Å². The molecule has 7 heteroatoms. The number of fused-ring (bicyclic) bond motifs is 1. The third kappa shape index (κ3) is 6.41. The van der Waals surface area contributed by atoms with Crippen LogP contribution in [0.15, 0.2) is 66.7 Å². The topological polar surface area (TPSA) is 103 Å². The van der Waals surface area contributed by atoms with E-state index >= 15 is 0 Å². The minimum atomic E-state index is -0.773. The Morgan fingerprint density at radius 1 is 1.03 bits per heavy atom. The summed E-state index contributed by atoms with van der Waals surface area (Å²) >= 11 is 0. The molecule has 0 aliphatic carbocycles. The van der Waals surface area contributed by atoms with Crippen molar-refractivity contribution >= 4 is 29.0 Å². The quantitative estimate of drug-likeness (QED) is 0.215. The number of carbonyl (C=O) groups excluding carboxylic acids is 1. The highest BCUT2D eigenvalue weighted by atomic mass is 16.5. The normalized spacial score (nSPS) is 13.5. The molecule has 0 fully saturated rings. The number of rotatable bonds is 10. The molecule has 7 nitrogen and oxygen atoms in total. The summed E-state index contributed by atoms with van der Waals surface area (Å²) in [6.45, 7) is 3.68. The summed E-state index contributed by atoms with van der Waals surface area (Å²) < 4.78 is 5.47. The number of aromatic hydroxyl groups is 1. The number of aliphatic hydroxyl groups is 1. The molecular formula is C28H31N3O4. The number of nitrogens with one attached hydrogen (secondary N) is 3. The molecule has 0 saturated heterocycles. The van der Waals surface area contributed by atoms with Crippen LogP contribution in [0.5, 0.6) is 11.5 Å². The van der Waals surface area contributed by atoms with Crippen LogP contribution in [0.1, 0.15) is 36.1 Å². The Kier molecular flexibility index (Phi) is 8.03. The van der Waals surface area contributed by atoms with E-state index in [2.05, 4.69) is 28.1 Å². The number of hydrogen-bond acceptors (Lipinski definition) is 6. The molecule has 1 aliphatic rings. The maximum absolute atomic E-state index is 11.8. The Morgan fingerprint density at radius 2 is 1.74 bits per heavy atom. The number of hydrogen-bond donors (Lipinski definition) is 5. The van der Waals surface area contributed by atoms with Crippen LogP contribution in [-0.4, -0.2) is 35.8 Å². The van der Waals surface area contributed by atoms with E-state index in [-0.39, 0.29) is 18.1 Å². The van der Waals surface area contributed by atoms with E-state index < -0.39 is 6.10 Å². The lowest BCUT2D eigenvalue weighted by Gasteiger charge is -2.18. The minimum absolute atomic E-state index is 0.00994. The molecular weight excluding hydrogens is 442 g/mol. The van der Waals surface area contributed by atoms with Crippen molar-refractivity contribution in [3.8, 4) is 11.5 Å². The molecule has 1 atom stereocenters. The second-order valence-corrected chi connectivity index (χ2v) is 8.37. The van der Waals surface area contributed by atoms with Crippen molar-refractivity contribution in [2.45, 2.75) is 25.9 Å². The first-order valence-electron chi connectivity index (χ1n) is 11.8. The molecule has 0 aromatic heterocycles. The van der Waals surface area contributed by atoms with E-state index in [1.54, 1.807) is 18.2 Å². The highest BCUT2D eigenvalue weighted by Crippen LogP contribution is 2.35. The smallest absolute Gasteiger partial charge is 0.228 e. The standard InChI is InChI=1S/C28H31N3O4/c1-2-35-22-12-10-21(11-13-22)30-20-8-6-19(7-9-20)16-17-29-18-26(33)23-14-15-25(32)28-24(23)4-3-5-27(34)31-28/h3-4,6-15,26,29-30,32-33H,2,5,16-18H2,1H3,(H,31,34). The Morgan fingerprint density at radius 3 is 2.46 bits per heavy atom. The Labute approximate surface area is 205 Å². The monoisotopic (exact) mass is 473 g/mol. The van der Waals surface area contributed by atoms with Gasteiger partial charge in [0, 0.05) is 29.9 Å².